The maximum atomic E-state index is 13.2. The van der Waals surface area contributed by atoms with Gasteiger partial charge in [-0.2, -0.15) is 4.98 Å². The van der Waals surface area contributed by atoms with Crippen LogP contribution in [0.5, 0.6) is 0 Å². The molecule has 3 aromatic rings. The highest BCUT2D eigenvalue weighted by atomic mass is 35.5. The number of carbonyl (C=O) groups is 1. The molecular weight excluding hydrogens is 429 g/mol. The molecule has 32 heavy (non-hydrogen) atoms. The SMILES string of the molecule is CN(C)c1nc(NC2CCC(CNC(=O)c3ccc(F)cc3Cl)CC2)nc2ccccc12. The Bertz CT molecular complexity index is 1110. The van der Waals surface area contributed by atoms with Crippen molar-refractivity contribution in [3.63, 3.8) is 0 Å². The third-order valence-corrected chi connectivity index (χ3v) is 6.23. The molecule has 8 heteroatoms. The summed E-state index contributed by atoms with van der Waals surface area (Å²) in [4.78, 5) is 23.8. The molecule has 1 heterocycles. The number of nitrogens with zero attached hydrogens (tertiary/aromatic N) is 3. The van der Waals surface area contributed by atoms with Crippen LogP contribution >= 0.6 is 11.6 Å². The van der Waals surface area contributed by atoms with Gasteiger partial charge in [0.1, 0.15) is 11.6 Å². The van der Waals surface area contributed by atoms with E-state index in [-0.39, 0.29) is 10.9 Å². The fraction of sp³-hybridized carbons (Fsp3) is 0.375. The lowest BCUT2D eigenvalue weighted by Gasteiger charge is -2.29. The van der Waals surface area contributed by atoms with E-state index in [0.29, 0.717) is 30.0 Å². The molecule has 0 radical (unpaired) electrons. The van der Waals surface area contributed by atoms with E-state index in [0.717, 1.165) is 48.5 Å². The van der Waals surface area contributed by atoms with Gasteiger partial charge in [0.25, 0.3) is 5.91 Å². The number of halogens is 2. The number of aromatic nitrogens is 2. The Morgan fingerprint density at radius 1 is 1.12 bits per heavy atom. The molecule has 0 spiro atoms. The predicted molar refractivity (Wildman–Crippen MR) is 127 cm³/mol. The van der Waals surface area contributed by atoms with Gasteiger partial charge in [-0.3, -0.25) is 4.79 Å². The topological polar surface area (TPSA) is 70.2 Å². The predicted octanol–water partition coefficient (Wildman–Crippen LogP) is 4.89. The van der Waals surface area contributed by atoms with Gasteiger partial charge >= 0.3 is 0 Å². The van der Waals surface area contributed by atoms with E-state index in [1.165, 1.54) is 12.1 Å². The van der Waals surface area contributed by atoms with Gasteiger partial charge in [-0.05, 0) is 61.9 Å². The van der Waals surface area contributed by atoms with Crippen LogP contribution in [0.15, 0.2) is 42.5 Å². The number of fused-ring (bicyclic) bond motifs is 1. The summed E-state index contributed by atoms with van der Waals surface area (Å²) < 4.78 is 13.2. The van der Waals surface area contributed by atoms with Crippen LogP contribution in [0.3, 0.4) is 0 Å². The molecule has 2 aromatic carbocycles. The molecule has 1 aliphatic rings. The van der Waals surface area contributed by atoms with E-state index in [1.807, 2.05) is 43.3 Å². The molecule has 1 saturated carbocycles. The molecule has 2 N–H and O–H groups in total. The molecule has 1 aliphatic carbocycles. The molecule has 1 aromatic heterocycles. The first-order chi connectivity index (χ1) is 15.4. The highest BCUT2D eigenvalue weighted by molar-refractivity contribution is 6.33. The van der Waals surface area contributed by atoms with E-state index in [9.17, 15) is 9.18 Å². The minimum absolute atomic E-state index is 0.128. The van der Waals surface area contributed by atoms with Crippen LogP contribution in [-0.4, -0.2) is 42.6 Å². The lowest BCUT2D eigenvalue weighted by molar-refractivity contribution is 0.0943. The quantitative estimate of drug-likeness (QED) is 0.553. The van der Waals surface area contributed by atoms with Crippen molar-refractivity contribution in [2.45, 2.75) is 31.7 Å². The Labute approximate surface area is 192 Å². The lowest BCUT2D eigenvalue weighted by Crippen LogP contribution is -2.34. The summed E-state index contributed by atoms with van der Waals surface area (Å²) in [5, 5.41) is 7.60. The normalized spacial score (nSPS) is 18.4. The zero-order valence-electron chi connectivity index (χ0n) is 18.2. The summed E-state index contributed by atoms with van der Waals surface area (Å²) in [7, 11) is 3.97. The maximum absolute atomic E-state index is 13.2. The van der Waals surface area contributed by atoms with E-state index in [1.54, 1.807) is 0 Å². The van der Waals surface area contributed by atoms with Crippen molar-refractivity contribution in [3.8, 4) is 0 Å². The fourth-order valence-electron chi connectivity index (χ4n) is 4.16. The second-order valence-corrected chi connectivity index (χ2v) is 8.89. The van der Waals surface area contributed by atoms with Crippen molar-refractivity contribution in [2.75, 3.05) is 30.9 Å². The van der Waals surface area contributed by atoms with Gasteiger partial charge in [0.15, 0.2) is 0 Å². The number of anilines is 2. The number of carbonyl (C=O) groups excluding carboxylic acids is 1. The number of benzene rings is 2. The van der Waals surface area contributed by atoms with E-state index in [4.69, 9.17) is 21.6 Å². The first kappa shape index (κ1) is 22.3. The van der Waals surface area contributed by atoms with Gasteiger partial charge in [-0.1, -0.05) is 23.7 Å². The summed E-state index contributed by atoms with van der Waals surface area (Å²) in [5.74, 6) is 1.22. The molecule has 0 saturated heterocycles. The second kappa shape index (κ2) is 9.69. The average Bonchev–Trinajstić information content (AvgIpc) is 2.78. The fourth-order valence-corrected chi connectivity index (χ4v) is 4.42. The van der Waals surface area contributed by atoms with Gasteiger partial charge in [0.05, 0.1) is 16.1 Å². The third kappa shape index (κ3) is 5.10. The van der Waals surface area contributed by atoms with E-state index >= 15 is 0 Å². The zero-order valence-corrected chi connectivity index (χ0v) is 19.0. The zero-order chi connectivity index (χ0) is 22.7. The Balaban J connectivity index is 1.32. The number of amides is 1. The van der Waals surface area contributed by atoms with Crippen molar-refractivity contribution in [1.29, 1.82) is 0 Å². The molecule has 4 rings (SSSR count). The van der Waals surface area contributed by atoms with Gasteiger partial charge in [0.2, 0.25) is 5.95 Å². The van der Waals surface area contributed by atoms with Crippen molar-refractivity contribution < 1.29 is 9.18 Å². The molecule has 0 bridgehead atoms. The largest absolute Gasteiger partial charge is 0.362 e. The van der Waals surface area contributed by atoms with Crippen LogP contribution < -0.4 is 15.5 Å². The number of hydrogen-bond donors (Lipinski definition) is 2. The van der Waals surface area contributed by atoms with Crippen LogP contribution in [0, 0.1) is 11.7 Å². The molecule has 1 amide bonds. The Morgan fingerprint density at radius 2 is 1.88 bits per heavy atom. The number of hydrogen-bond acceptors (Lipinski definition) is 5. The third-order valence-electron chi connectivity index (χ3n) is 5.91. The second-order valence-electron chi connectivity index (χ2n) is 8.48. The van der Waals surface area contributed by atoms with E-state index < -0.39 is 5.82 Å². The number of nitrogens with one attached hydrogen (secondary N) is 2. The standard InChI is InChI=1S/C24H27ClFN5O/c1-31(2)22-19-5-3-4-6-21(19)29-24(30-22)28-17-10-7-15(8-11-17)14-27-23(32)18-12-9-16(26)13-20(18)25/h3-6,9,12-13,15,17H,7-8,10-11,14H2,1-2H3,(H,27,32)(H,28,29,30). The number of para-hydroxylation sites is 1. The lowest BCUT2D eigenvalue weighted by atomic mass is 9.86. The first-order valence-electron chi connectivity index (χ1n) is 10.8. The summed E-state index contributed by atoms with van der Waals surface area (Å²) in [6.07, 6.45) is 3.93. The highest BCUT2D eigenvalue weighted by Crippen LogP contribution is 2.28. The van der Waals surface area contributed by atoms with Crippen LogP contribution in [0.2, 0.25) is 5.02 Å². The molecule has 0 unspecified atom stereocenters. The van der Waals surface area contributed by atoms with Crippen LogP contribution in [0.4, 0.5) is 16.2 Å². The monoisotopic (exact) mass is 455 g/mol. The molecule has 6 nitrogen and oxygen atoms in total. The smallest absolute Gasteiger partial charge is 0.252 e. The maximum Gasteiger partial charge on any atom is 0.252 e. The Kier molecular flexibility index (Phi) is 6.74. The van der Waals surface area contributed by atoms with Gasteiger partial charge < -0.3 is 15.5 Å². The van der Waals surface area contributed by atoms with Crippen molar-refractivity contribution in [2.24, 2.45) is 5.92 Å². The summed E-state index contributed by atoms with van der Waals surface area (Å²) in [6.45, 7) is 0.580. The summed E-state index contributed by atoms with van der Waals surface area (Å²) in [5.41, 5.74) is 1.22. The van der Waals surface area contributed by atoms with Crippen LogP contribution in [0.25, 0.3) is 10.9 Å². The first-order valence-corrected chi connectivity index (χ1v) is 11.2. The highest BCUT2D eigenvalue weighted by Gasteiger charge is 2.23. The summed E-state index contributed by atoms with van der Waals surface area (Å²) in [6, 6.07) is 12.1. The molecule has 0 atom stereocenters. The van der Waals surface area contributed by atoms with Crippen LogP contribution in [0.1, 0.15) is 36.0 Å². The average molecular weight is 456 g/mol. The van der Waals surface area contributed by atoms with Crippen LogP contribution in [-0.2, 0) is 0 Å². The van der Waals surface area contributed by atoms with Crippen molar-refractivity contribution >= 4 is 40.2 Å². The van der Waals surface area contributed by atoms with Crippen molar-refractivity contribution in [3.05, 3.63) is 58.9 Å². The van der Waals surface area contributed by atoms with Gasteiger partial charge in [-0.15, -0.1) is 0 Å². The summed E-state index contributed by atoms with van der Waals surface area (Å²) >= 11 is 5.99. The van der Waals surface area contributed by atoms with Gasteiger partial charge in [0, 0.05) is 32.1 Å². The van der Waals surface area contributed by atoms with E-state index in [2.05, 4.69) is 10.6 Å². The van der Waals surface area contributed by atoms with Gasteiger partial charge in [-0.25, -0.2) is 9.37 Å². The minimum Gasteiger partial charge on any atom is -0.362 e. The Hall–Kier alpha value is -2.93. The molecular formula is C24H27ClFN5O. The minimum atomic E-state index is -0.453. The van der Waals surface area contributed by atoms with Crippen molar-refractivity contribution in [1.82, 2.24) is 15.3 Å². The molecule has 0 aliphatic heterocycles. The molecule has 168 valence electrons. The molecule has 1 fully saturated rings. The Morgan fingerprint density at radius 3 is 2.59 bits per heavy atom. The number of rotatable bonds is 6.